The van der Waals surface area contributed by atoms with E-state index in [1.54, 1.807) is 13.0 Å². The maximum atomic E-state index is 13.6. The summed E-state index contributed by atoms with van der Waals surface area (Å²) >= 11 is 0. The summed E-state index contributed by atoms with van der Waals surface area (Å²) in [6.07, 6.45) is 15.0. The lowest BCUT2D eigenvalue weighted by Gasteiger charge is -2.47. The second kappa shape index (κ2) is 10.6. The van der Waals surface area contributed by atoms with E-state index in [0.717, 1.165) is 43.4 Å². The Kier molecular flexibility index (Phi) is 7.26. The fourth-order valence-electron chi connectivity index (χ4n) is 6.91. The van der Waals surface area contributed by atoms with Crippen molar-refractivity contribution in [1.82, 2.24) is 10.3 Å². The van der Waals surface area contributed by atoms with Crippen LogP contribution >= 0.6 is 0 Å². The minimum Gasteiger partial charge on any atom is -0.462 e. The van der Waals surface area contributed by atoms with Crippen molar-refractivity contribution in [1.29, 1.82) is 0 Å². The van der Waals surface area contributed by atoms with Crippen molar-refractivity contribution in [2.75, 3.05) is 6.61 Å². The van der Waals surface area contributed by atoms with Crippen molar-refractivity contribution in [3.8, 4) is 0 Å². The average Bonchev–Trinajstić information content (AvgIpc) is 3.15. The van der Waals surface area contributed by atoms with Gasteiger partial charge in [0.05, 0.1) is 18.2 Å². The number of carbonyl (C=O) groups excluding carboxylic acids is 2. The molecule has 0 aromatic carbocycles. The number of amides is 1. The van der Waals surface area contributed by atoms with Gasteiger partial charge in [-0.2, -0.15) is 0 Å². The van der Waals surface area contributed by atoms with Crippen LogP contribution in [0.5, 0.6) is 0 Å². The van der Waals surface area contributed by atoms with Gasteiger partial charge in [0.2, 0.25) is 0 Å². The number of nitrogens with zero attached hydrogens (tertiary/aromatic N) is 1. The molecule has 4 aliphatic rings. The van der Waals surface area contributed by atoms with Crippen molar-refractivity contribution < 1.29 is 23.5 Å². The molecular weight excluding hydrogens is 459 g/mol. The maximum Gasteiger partial charge on any atom is 0.407 e. The van der Waals surface area contributed by atoms with Gasteiger partial charge in [-0.15, -0.1) is 0 Å². The van der Waals surface area contributed by atoms with E-state index < -0.39 is 0 Å². The minimum atomic E-state index is -0.364. The van der Waals surface area contributed by atoms with Gasteiger partial charge in [0, 0.05) is 24.1 Å². The molecule has 3 aliphatic carbocycles. The third kappa shape index (κ3) is 5.11. The van der Waals surface area contributed by atoms with Gasteiger partial charge in [-0.1, -0.05) is 18.2 Å². The van der Waals surface area contributed by atoms with Gasteiger partial charge in [0.25, 0.3) is 0 Å². The summed E-state index contributed by atoms with van der Waals surface area (Å²) < 4.78 is 24.4. The molecule has 5 rings (SSSR count). The molecule has 1 aromatic heterocycles. The quantitative estimate of drug-likeness (QED) is 0.530. The van der Waals surface area contributed by atoms with Gasteiger partial charge in [-0.05, 0) is 93.6 Å². The van der Waals surface area contributed by atoms with E-state index in [-0.39, 0.29) is 53.7 Å². The number of cyclic esters (lactones) is 1. The Labute approximate surface area is 212 Å². The Morgan fingerprint density at radius 1 is 1.31 bits per heavy atom. The fourth-order valence-corrected chi connectivity index (χ4v) is 6.91. The normalized spacial score (nSPS) is 35.5. The number of aromatic nitrogens is 1. The highest BCUT2D eigenvalue weighted by molar-refractivity contribution is 5.75. The van der Waals surface area contributed by atoms with Crippen molar-refractivity contribution in [3.63, 3.8) is 0 Å². The predicted molar refractivity (Wildman–Crippen MR) is 134 cm³/mol. The molecule has 0 radical (unpaired) electrons. The second-order valence-corrected chi connectivity index (χ2v) is 10.6. The van der Waals surface area contributed by atoms with Crippen molar-refractivity contribution in [3.05, 3.63) is 59.7 Å². The number of esters is 1. The minimum absolute atomic E-state index is 0.0151. The topological polar surface area (TPSA) is 77.5 Å². The number of ether oxygens (including phenoxy) is 2. The van der Waals surface area contributed by atoms with Gasteiger partial charge in [0.1, 0.15) is 11.9 Å². The third-order valence-corrected chi connectivity index (χ3v) is 8.50. The summed E-state index contributed by atoms with van der Waals surface area (Å²) in [7, 11) is 0. The summed E-state index contributed by atoms with van der Waals surface area (Å²) in [6.45, 7) is 4.16. The Morgan fingerprint density at radius 3 is 2.92 bits per heavy atom. The number of pyridine rings is 1. The van der Waals surface area contributed by atoms with Gasteiger partial charge in [0.15, 0.2) is 0 Å². The Morgan fingerprint density at radius 2 is 2.17 bits per heavy atom. The Bertz CT molecular complexity index is 1070. The number of hydrogen-bond acceptors (Lipinski definition) is 5. The number of halogens is 1. The van der Waals surface area contributed by atoms with Gasteiger partial charge in [-0.3, -0.25) is 9.78 Å². The highest BCUT2D eigenvalue weighted by atomic mass is 19.1. The van der Waals surface area contributed by atoms with Gasteiger partial charge in [-0.25, -0.2) is 9.18 Å². The zero-order chi connectivity index (χ0) is 25.2. The van der Waals surface area contributed by atoms with E-state index in [9.17, 15) is 14.0 Å². The van der Waals surface area contributed by atoms with E-state index in [1.165, 1.54) is 6.08 Å². The molecule has 1 amide bonds. The summed E-state index contributed by atoms with van der Waals surface area (Å²) in [5, 5.41) is 3.00. The molecule has 6 nitrogen and oxygen atoms in total. The maximum absolute atomic E-state index is 13.6. The fraction of sp³-hybridized carbons (Fsp3) is 0.552. The molecule has 1 aromatic rings. The summed E-state index contributed by atoms with van der Waals surface area (Å²) in [4.78, 5) is 29.3. The molecule has 8 atom stereocenters. The molecule has 0 spiro atoms. The molecule has 36 heavy (non-hydrogen) atoms. The molecule has 1 aliphatic heterocycles. The standard InChI is InChI=1S/C29H35FN2O4/c1-3-35-29(34)32-23-10-11-24-20(14-23)15-26-27(17(2)36-28(26)33)25(24)12-9-22-8-7-19(16-31-22)18-5-4-6-21(30)13-18/h4,6-9,12-13,16-18,20,23-27H,3,5,10-11,14-15H2,1-2H3,(H,32,34)/b12-9+/t17-,18?,20?,23?,24?,25-,26?,27?/m0/s1. The second-order valence-electron chi connectivity index (χ2n) is 10.6. The first kappa shape index (κ1) is 24.7. The van der Waals surface area contributed by atoms with E-state index in [0.29, 0.717) is 18.4 Å². The van der Waals surface area contributed by atoms with Crippen LogP contribution in [-0.4, -0.2) is 35.8 Å². The Hall–Kier alpha value is -2.96. The van der Waals surface area contributed by atoms with E-state index in [2.05, 4.69) is 22.5 Å². The van der Waals surface area contributed by atoms with Crippen LogP contribution in [0.25, 0.3) is 6.08 Å². The number of hydrogen-bond donors (Lipinski definition) is 1. The molecule has 192 valence electrons. The third-order valence-electron chi connectivity index (χ3n) is 8.50. The van der Waals surface area contributed by atoms with Crippen LogP contribution in [0.3, 0.4) is 0 Å². The SMILES string of the molecule is CCOC(=O)NC1CCC2C(C1)CC1C(=O)O[C@@H](C)C1[C@H]2/C=C/c1ccc(C2C=C(F)C=CC2)cn1. The summed E-state index contributed by atoms with van der Waals surface area (Å²) in [5.41, 5.74) is 1.85. The molecule has 2 heterocycles. The monoisotopic (exact) mass is 494 g/mol. The largest absolute Gasteiger partial charge is 0.462 e. The van der Waals surface area contributed by atoms with E-state index in [1.807, 2.05) is 31.3 Å². The van der Waals surface area contributed by atoms with Gasteiger partial charge >= 0.3 is 12.1 Å². The Balaban J connectivity index is 1.32. The van der Waals surface area contributed by atoms with Crippen LogP contribution in [0.15, 0.2) is 48.5 Å². The molecular formula is C29H35FN2O4. The number of alkyl carbamates (subject to hydrolysis) is 1. The average molecular weight is 495 g/mol. The van der Waals surface area contributed by atoms with E-state index >= 15 is 0 Å². The van der Waals surface area contributed by atoms with Crippen LogP contribution in [0.1, 0.15) is 63.1 Å². The van der Waals surface area contributed by atoms with E-state index in [4.69, 9.17) is 9.47 Å². The molecule has 3 fully saturated rings. The van der Waals surface area contributed by atoms with Crippen LogP contribution in [0, 0.1) is 29.6 Å². The zero-order valence-corrected chi connectivity index (χ0v) is 20.9. The number of fused-ring (bicyclic) bond motifs is 2. The summed E-state index contributed by atoms with van der Waals surface area (Å²) in [5.74, 6) is 0.763. The van der Waals surface area contributed by atoms with Gasteiger partial charge < -0.3 is 14.8 Å². The lowest BCUT2D eigenvalue weighted by Crippen LogP contribution is -2.48. The van der Waals surface area contributed by atoms with Crippen molar-refractivity contribution in [2.45, 2.75) is 64.0 Å². The molecule has 1 saturated heterocycles. The molecule has 2 saturated carbocycles. The molecule has 0 bridgehead atoms. The number of nitrogens with one attached hydrogen (secondary N) is 1. The number of carbonyl (C=O) groups is 2. The number of allylic oxidation sites excluding steroid dienone is 5. The van der Waals surface area contributed by atoms with Crippen molar-refractivity contribution in [2.24, 2.45) is 29.6 Å². The number of rotatable bonds is 5. The summed E-state index contributed by atoms with van der Waals surface area (Å²) in [6, 6.07) is 4.07. The smallest absolute Gasteiger partial charge is 0.407 e. The first-order valence-corrected chi connectivity index (χ1v) is 13.2. The predicted octanol–water partition coefficient (Wildman–Crippen LogP) is 5.72. The van der Waals surface area contributed by atoms with Crippen LogP contribution < -0.4 is 5.32 Å². The zero-order valence-electron chi connectivity index (χ0n) is 20.9. The molecule has 7 heteroatoms. The lowest BCUT2D eigenvalue weighted by atomic mass is 9.57. The molecule has 6 unspecified atom stereocenters. The highest BCUT2D eigenvalue weighted by Gasteiger charge is 2.54. The van der Waals surface area contributed by atoms with Crippen LogP contribution in [-0.2, 0) is 14.3 Å². The lowest BCUT2D eigenvalue weighted by molar-refractivity contribution is -0.144. The van der Waals surface area contributed by atoms with Crippen LogP contribution in [0.2, 0.25) is 0 Å². The molecule has 1 N–H and O–H groups in total. The van der Waals surface area contributed by atoms with Crippen LogP contribution in [0.4, 0.5) is 9.18 Å². The first-order valence-electron chi connectivity index (χ1n) is 13.2. The van der Waals surface area contributed by atoms with Crippen molar-refractivity contribution >= 4 is 18.1 Å². The first-order chi connectivity index (χ1) is 17.4. The highest BCUT2D eigenvalue weighted by Crippen LogP contribution is 2.53.